The van der Waals surface area contributed by atoms with Gasteiger partial charge in [-0.2, -0.15) is 0 Å². The largest absolute Gasteiger partial charge is 0.327 e. The summed E-state index contributed by atoms with van der Waals surface area (Å²) < 4.78 is 13.4. The third-order valence-corrected chi connectivity index (χ3v) is 3.31. The van der Waals surface area contributed by atoms with E-state index in [0.717, 1.165) is 4.90 Å². The smallest absolute Gasteiger partial charge is 0.318 e. The maximum atomic E-state index is 12.9. The van der Waals surface area contributed by atoms with Crippen LogP contribution in [0.15, 0.2) is 22.7 Å². The molecular weight excluding hydrogens is 291 g/mol. The Labute approximate surface area is 106 Å². The van der Waals surface area contributed by atoms with Crippen LogP contribution in [0.25, 0.3) is 0 Å². The van der Waals surface area contributed by atoms with E-state index in [-0.39, 0.29) is 30.8 Å². The molecule has 0 spiro atoms. The molecule has 6 heteroatoms. The highest BCUT2D eigenvalue weighted by molar-refractivity contribution is 9.10. The summed E-state index contributed by atoms with van der Waals surface area (Å²) in [7, 11) is 1.57. The summed E-state index contributed by atoms with van der Waals surface area (Å²) in [5.74, 6) is -0.606. The average Bonchev–Trinajstić information content (AvgIpc) is 2.48. The lowest BCUT2D eigenvalue weighted by Crippen LogP contribution is -2.31. The summed E-state index contributed by atoms with van der Waals surface area (Å²) in [6.45, 7) is 0.251. The summed E-state index contributed by atoms with van der Waals surface area (Å²) in [6, 6.07) is 3.84. The SMILES string of the molecule is CN1CC(=O)N(Cc2ccc(F)cc2Br)C1=O. The molecular formula is C11H10BrFN2O2. The summed E-state index contributed by atoms with van der Waals surface area (Å²) in [5.41, 5.74) is 0.698. The molecule has 0 aliphatic carbocycles. The molecule has 0 atom stereocenters. The number of nitrogens with zero attached hydrogens (tertiary/aromatic N) is 2. The van der Waals surface area contributed by atoms with Gasteiger partial charge in [0, 0.05) is 11.5 Å². The number of amides is 3. The molecule has 1 aromatic rings. The van der Waals surface area contributed by atoms with Crippen molar-refractivity contribution in [3.8, 4) is 0 Å². The van der Waals surface area contributed by atoms with Crippen LogP contribution in [-0.4, -0.2) is 35.3 Å². The van der Waals surface area contributed by atoms with E-state index in [1.54, 1.807) is 13.1 Å². The molecule has 90 valence electrons. The zero-order chi connectivity index (χ0) is 12.6. The number of urea groups is 1. The molecule has 0 unspecified atom stereocenters. The van der Waals surface area contributed by atoms with Gasteiger partial charge in [0.05, 0.1) is 6.54 Å². The second-order valence-electron chi connectivity index (χ2n) is 3.85. The molecule has 0 bridgehead atoms. The molecule has 1 aliphatic heterocycles. The summed E-state index contributed by atoms with van der Waals surface area (Å²) in [5, 5.41) is 0. The molecule has 1 aliphatic rings. The molecule has 1 aromatic carbocycles. The van der Waals surface area contributed by atoms with Crippen LogP contribution < -0.4 is 0 Å². The third-order valence-electron chi connectivity index (χ3n) is 2.57. The summed E-state index contributed by atoms with van der Waals surface area (Å²) in [4.78, 5) is 25.7. The van der Waals surface area contributed by atoms with E-state index < -0.39 is 0 Å². The van der Waals surface area contributed by atoms with E-state index in [4.69, 9.17) is 0 Å². The van der Waals surface area contributed by atoms with E-state index in [1.807, 2.05) is 0 Å². The lowest BCUT2D eigenvalue weighted by atomic mass is 10.2. The van der Waals surface area contributed by atoms with Gasteiger partial charge in [0.1, 0.15) is 12.4 Å². The Balaban J connectivity index is 2.21. The average molecular weight is 301 g/mol. The van der Waals surface area contributed by atoms with Crippen molar-refractivity contribution in [2.24, 2.45) is 0 Å². The van der Waals surface area contributed by atoms with Gasteiger partial charge in [-0.1, -0.05) is 22.0 Å². The highest BCUT2D eigenvalue weighted by atomic mass is 79.9. The van der Waals surface area contributed by atoms with E-state index in [1.165, 1.54) is 17.0 Å². The second-order valence-corrected chi connectivity index (χ2v) is 4.71. The predicted molar refractivity (Wildman–Crippen MR) is 62.7 cm³/mol. The van der Waals surface area contributed by atoms with Crippen molar-refractivity contribution in [2.45, 2.75) is 6.54 Å². The zero-order valence-corrected chi connectivity index (χ0v) is 10.7. The molecule has 0 aromatic heterocycles. The number of carbonyl (C=O) groups is 2. The molecule has 2 rings (SSSR count). The van der Waals surface area contributed by atoms with Crippen molar-refractivity contribution in [1.29, 1.82) is 0 Å². The topological polar surface area (TPSA) is 40.6 Å². The standard InChI is InChI=1S/C11H10BrFN2O2/c1-14-6-10(16)15(11(14)17)5-7-2-3-8(13)4-9(7)12/h2-4H,5-6H2,1H3. The van der Waals surface area contributed by atoms with Gasteiger partial charge in [-0.15, -0.1) is 0 Å². The van der Waals surface area contributed by atoms with Gasteiger partial charge in [0.25, 0.3) is 5.91 Å². The van der Waals surface area contributed by atoms with E-state index in [2.05, 4.69) is 15.9 Å². The van der Waals surface area contributed by atoms with Crippen LogP contribution in [0.1, 0.15) is 5.56 Å². The quantitative estimate of drug-likeness (QED) is 0.784. The molecule has 0 radical (unpaired) electrons. The number of carbonyl (C=O) groups excluding carboxylic acids is 2. The fraction of sp³-hybridized carbons (Fsp3) is 0.273. The van der Waals surface area contributed by atoms with Gasteiger partial charge in [0.15, 0.2) is 0 Å². The van der Waals surface area contributed by atoms with Gasteiger partial charge in [-0.05, 0) is 17.7 Å². The first-order valence-corrected chi connectivity index (χ1v) is 5.77. The Kier molecular flexibility index (Phi) is 3.15. The molecule has 0 N–H and O–H groups in total. The van der Waals surface area contributed by atoms with E-state index in [9.17, 15) is 14.0 Å². The van der Waals surface area contributed by atoms with Gasteiger partial charge in [-0.25, -0.2) is 9.18 Å². The van der Waals surface area contributed by atoms with Crippen LogP contribution in [0.4, 0.5) is 9.18 Å². The van der Waals surface area contributed by atoms with Crippen molar-refractivity contribution < 1.29 is 14.0 Å². The van der Waals surface area contributed by atoms with Crippen LogP contribution in [0.5, 0.6) is 0 Å². The number of hydrogen-bond donors (Lipinski definition) is 0. The first-order valence-electron chi connectivity index (χ1n) is 4.98. The maximum absolute atomic E-state index is 12.9. The fourth-order valence-corrected chi connectivity index (χ4v) is 2.12. The van der Waals surface area contributed by atoms with Crippen molar-refractivity contribution in [3.63, 3.8) is 0 Å². The van der Waals surface area contributed by atoms with Crippen LogP contribution in [-0.2, 0) is 11.3 Å². The van der Waals surface area contributed by atoms with Gasteiger partial charge in [0.2, 0.25) is 0 Å². The maximum Gasteiger partial charge on any atom is 0.327 e. The van der Waals surface area contributed by atoms with E-state index >= 15 is 0 Å². The first kappa shape index (κ1) is 12.0. The molecule has 1 fully saturated rings. The van der Waals surface area contributed by atoms with Gasteiger partial charge in [-0.3, -0.25) is 9.69 Å². The highest BCUT2D eigenvalue weighted by Gasteiger charge is 2.33. The Morgan fingerprint density at radius 2 is 2.12 bits per heavy atom. The van der Waals surface area contributed by atoms with Crippen LogP contribution in [0.2, 0.25) is 0 Å². The molecule has 0 saturated carbocycles. The fourth-order valence-electron chi connectivity index (χ4n) is 1.64. The number of rotatable bonds is 2. The molecule has 17 heavy (non-hydrogen) atoms. The molecule has 1 saturated heterocycles. The minimum atomic E-state index is -0.364. The Morgan fingerprint density at radius 3 is 2.65 bits per heavy atom. The lowest BCUT2D eigenvalue weighted by Gasteiger charge is -2.15. The minimum absolute atomic E-state index is 0.0949. The second kappa shape index (κ2) is 4.44. The van der Waals surface area contributed by atoms with E-state index in [0.29, 0.717) is 10.0 Å². The first-order chi connectivity index (χ1) is 7.99. The third kappa shape index (κ3) is 2.31. The van der Waals surface area contributed by atoms with Crippen LogP contribution in [0, 0.1) is 5.82 Å². The normalized spacial score (nSPS) is 15.9. The number of benzene rings is 1. The highest BCUT2D eigenvalue weighted by Crippen LogP contribution is 2.21. The monoisotopic (exact) mass is 300 g/mol. The zero-order valence-electron chi connectivity index (χ0n) is 9.11. The Morgan fingerprint density at radius 1 is 1.41 bits per heavy atom. The van der Waals surface area contributed by atoms with Gasteiger partial charge < -0.3 is 4.90 Å². The van der Waals surface area contributed by atoms with Crippen molar-refractivity contribution in [2.75, 3.05) is 13.6 Å². The van der Waals surface area contributed by atoms with Crippen molar-refractivity contribution in [3.05, 3.63) is 34.1 Å². The van der Waals surface area contributed by atoms with Gasteiger partial charge >= 0.3 is 6.03 Å². The van der Waals surface area contributed by atoms with Crippen molar-refractivity contribution >= 4 is 27.9 Å². The lowest BCUT2D eigenvalue weighted by molar-refractivity contribution is -0.125. The predicted octanol–water partition coefficient (Wildman–Crippen LogP) is 1.98. The number of hydrogen-bond acceptors (Lipinski definition) is 2. The minimum Gasteiger partial charge on any atom is -0.318 e. The molecule has 1 heterocycles. The molecule has 3 amide bonds. The summed E-state index contributed by atoms with van der Waals surface area (Å²) >= 11 is 3.21. The Bertz CT molecular complexity index is 492. The number of likely N-dealkylation sites (N-methyl/N-ethyl adjacent to an activating group) is 1. The molecule has 4 nitrogen and oxygen atoms in total. The Hall–Kier alpha value is -1.43. The van der Waals surface area contributed by atoms with Crippen molar-refractivity contribution in [1.82, 2.24) is 9.80 Å². The summed E-state index contributed by atoms with van der Waals surface area (Å²) in [6.07, 6.45) is 0. The van der Waals surface area contributed by atoms with Crippen LogP contribution in [0.3, 0.4) is 0 Å². The number of imide groups is 1. The number of halogens is 2. The van der Waals surface area contributed by atoms with Crippen LogP contribution >= 0.6 is 15.9 Å².